The molecular formula is C34H47ClFN4O13PS. The number of ether oxygens (including phenoxy) is 5. The lowest BCUT2D eigenvalue weighted by Crippen LogP contribution is -2.45. The molecule has 2 aromatic rings. The molecule has 1 aliphatic heterocycles. The molecule has 1 aromatic heterocycles. The smallest absolute Gasteiger partial charge is 0.468 e. The maximum Gasteiger partial charge on any atom is 0.509 e. The Hall–Kier alpha value is -3.90. The number of aromatic nitrogens is 2. The van der Waals surface area contributed by atoms with E-state index in [0.29, 0.717) is 9.92 Å². The Morgan fingerprint density at radius 1 is 0.964 bits per heavy atom. The number of esters is 1. The van der Waals surface area contributed by atoms with Crippen LogP contribution >= 0.6 is 31.1 Å². The molecule has 0 aliphatic carbocycles. The first-order valence-corrected chi connectivity index (χ1v) is 19.7. The number of rotatable bonds is 11. The summed E-state index contributed by atoms with van der Waals surface area (Å²) in [5.41, 5.74) is -4.24. The van der Waals surface area contributed by atoms with Gasteiger partial charge in [0.15, 0.2) is 18.1 Å². The summed E-state index contributed by atoms with van der Waals surface area (Å²) in [7, 11) is -3.37. The molecule has 3 rings (SSSR count). The number of imide groups is 1. The number of carbonyl (C=O) groups is 4. The number of nitrogens with zero attached hydrogens (tertiary/aromatic N) is 3. The third-order valence-corrected chi connectivity index (χ3v) is 10.1. The number of anilines is 1. The first kappa shape index (κ1) is 45.5. The summed E-state index contributed by atoms with van der Waals surface area (Å²) in [6.45, 7) is 14.8. The van der Waals surface area contributed by atoms with Crippen molar-refractivity contribution in [3.05, 3.63) is 52.0 Å². The second-order valence-corrected chi connectivity index (χ2v) is 18.5. The molecule has 0 spiro atoms. The van der Waals surface area contributed by atoms with Crippen molar-refractivity contribution in [2.45, 2.75) is 115 Å². The van der Waals surface area contributed by atoms with Crippen LogP contribution in [-0.2, 0) is 37.6 Å². The van der Waals surface area contributed by atoms with Crippen molar-refractivity contribution in [2.75, 3.05) is 18.6 Å². The van der Waals surface area contributed by atoms with Gasteiger partial charge in [0.05, 0.1) is 19.0 Å². The first-order valence-electron chi connectivity index (χ1n) is 16.8. The molecular weight excluding hydrogens is 790 g/mol. The van der Waals surface area contributed by atoms with Gasteiger partial charge in [0, 0.05) is 11.2 Å². The molecule has 2 amide bonds. The van der Waals surface area contributed by atoms with Crippen LogP contribution in [0.1, 0.15) is 74.6 Å². The minimum atomic E-state index is -4.49. The third kappa shape index (κ3) is 13.7. The fraction of sp³-hybridized carbons (Fsp3) is 0.588. The number of nitrogens with one attached hydrogen (secondary N) is 1. The average Bonchev–Trinajstić information content (AvgIpc) is 3.32. The van der Waals surface area contributed by atoms with E-state index in [0.717, 1.165) is 35.7 Å². The Labute approximate surface area is 327 Å². The molecule has 6 atom stereocenters. The molecule has 1 aromatic carbocycles. The second-order valence-electron chi connectivity index (χ2n) is 15.0. The highest BCUT2D eigenvalue weighted by Crippen LogP contribution is 2.50. The van der Waals surface area contributed by atoms with Crippen LogP contribution in [0.4, 0.5) is 24.6 Å². The van der Waals surface area contributed by atoms with E-state index in [2.05, 4.69) is 10.1 Å². The normalized spacial score (nSPS) is 20.4. The van der Waals surface area contributed by atoms with Gasteiger partial charge in [-0.25, -0.2) is 28.1 Å². The molecule has 2 heterocycles. The maximum atomic E-state index is 16.5. The number of alkyl halides is 1. The predicted molar refractivity (Wildman–Crippen MR) is 200 cm³/mol. The highest BCUT2D eigenvalue weighted by atomic mass is 35.5. The lowest BCUT2D eigenvalue weighted by atomic mass is 10.1. The Kier molecular flexibility index (Phi) is 14.8. The van der Waals surface area contributed by atoms with Gasteiger partial charge < -0.3 is 28.2 Å². The van der Waals surface area contributed by atoms with Crippen molar-refractivity contribution in [2.24, 2.45) is 0 Å². The summed E-state index contributed by atoms with van der Waals surface area (Å²) in [5.74, 6) is -1.25. The number of hydrogen-bond acceptors (Lipinski definition) is 15. The van der Waals surface area contributed by atoms with Gasteiger partial charge in [0.2, 0.25) is 0 Å². The summed E-state index contributed by atoms with van der Waals surface area (Å²) >= 11 is 6.72. The van der Waals surface area contributed by atoms with Gasteiger partial charge in [-0.3, -0.25) is 13.9 Å². The standard InChI is InChI=1S/C34H47ClFN4O13PS/c1-19(27(41)47-11)38-54(46,53-21-14-12-20(35)13-15-21)48-18-22-25(49-31(45)52-34(8,9)10)24(36)26(55-22)39-17-16-23(37-28(39)42)40(29(43)50-32(2,3)4)30(44)51-33(5,6)7/h12-17,19,22,24-26H,18H2,1-11H3,(H,38,46)/t19?,22-,24+,25-,26-,54?/m1/s1. The number of hydrogen-bond donors (Lipinski definition) is 1. The van der Waals surface area contributed by atoms with Crippen LogP contribution in [0.5, 0.6) is 5.75 Å². The van der Waals surface area contributed by atoms with Gasteiger partial charge in [-0.15, -0.1) is 11.8 Å². The number of benzene rings is 1. The monoisotopic (exact) mass is 836 g/mol. The Balaban J connectivity index is 2.00. The van der Waals surface area contributed by atoms with Crippen molar-refractivity contribution in [1.29, 1.82) is 0 Å². The van der Waals surface area contributed by atoms with Crippen molar-refractivity contribution < 1.29 is 60.9 Å². The predicted octanol–water partition coefficient (Wildman–Crippen LogP) is 7.20. The van der Waals surface area contributed by atoms with Gasteiger partial charge in [-0.1, -0.05) is 11.6 Å². The van der Waals surface area contributed by atoms with Crippen molar-refractivity contribution in [3.8, 4) is 5.75 Å². The van der Waals surface area contributed by atoms with Crippen LogP contribution in [0, 0.1) is 0 Å². The molecule has 17 nitrogen and oxygen atoms in total. The van der Waals surface area contributed by atoms with Crippen LogP contribution in [0.2, 0.25) is 5.02 Å². The summed E-state index contributed by atoms with van der Waals surface area (Å²) < 4.78 is 68.8. The fourth-order valence-electron chi connectivity index (χ4n) is 4.54. The van der Waals surface area contributed by atoms with Gasteiger partial charge in [0.25, 0.3) is 0 Å². The molecule has 21 heteroatoms. The molecule has 1 aliphatic rings. The van der Waals surface area contributed by atoms with Crippen LogP contribution in [0.3, 0.4) is 0 Å². The number of methoxy groups -OCH3 is 1. The van der Waals surface area contributed by atoms with Gasteiger partial charge in [-0.05, 0) is 99.6 Å². The lowest BCUT2D eigenvalue weighted by Gasteiger charge is -2.28. The number of thioether (sulfide) groups is 1. The molecule has 0 saturated carbocycles. The van der Waals surface area contributed by atoms with Crippen molar-refractivity contribution >= 4 is 61.2 Å². The second kappa shape index (κ2) is 17.9. The highest BCUT2D eigenvalue weighted by Gasteiger charge is 2.50. The minimum absolute atomic E-state index is 0.0312. The van der Waals surface area contributed by atoms with E-state index >= 15 is 4.39 Å². The van der Waals surface area contributed by atoms with Crippen LogP contribution in [0.25, 0.3) is 0 Å². The number of halogens is 2. The topological polar surface area (TPSA) is 200 Å². The maximum absolute atomic E-state index is 16.5. The summed E-state index contributed by atoms with van der Waals surface area (Å²) in [6, 6.07) is 5.59. The summed E-state index contributed by atoms with van der Waals surface area (Å²) in [5, 5.41) is 0.180. The van der Waals surface area contributed by atoms with E-state index in [1.165, 1.54) is 31.2 Å². The van der Waals surface area contributed by atoms with Gasteiger partial charge >= 0.3 is 37.7 Å². The highest BCUT2D eigenvalue weighted by molar-refractivity contribution is 8.00. The first-order chi connectivity index (χ1) is 25.2. The van der Waals surface area contributed by atoms with Crippen molar-refractivity contribution in [3.63, 3.8) is 0 Å². The lowest BCUT2D eigenvalue weighted by molar-refractivity contribution is -0.142. The molecule has 1 fully saturated rings. The average molecular weight is 837 g/mol. The number of carbonyl (C=O) groups excluding carboxylic acids is 4. The van der Waals surface area contributed by atoms with E-state index in [9.17, 15) is 28.5 Å². The Morgan fingerprint density at radius 2 is 1.51 bits per heavy atom. The SMILES string of the molecule is COC(=O)C(C)NP(=O)(OC[C@H]1S[C@@H](n2ccc(N(C(=O)OC(C)(C)C)C(=O)OC(C)(C)C)nc2=O)[C@@H](F)[C@@H]1OC(=O)OC(C)(C)C)Oc1ccc(Cl)cc1. The molecule has 0 bridgehead atoms. The van der Waals surface area contributed by atoms with E-state index in [1.807, 2.05) is 0 Å². The van der Waals surface area contributed by atoms with E-state index in [1.54, 1.807) is 62.3 Å². The van der Waals surface area contributed by atoms with Gasteiger partial charge in [0.1, 0.15) is 34.0 Å². The van der Waals surface area contributed by atoms with Gasteiger partial charge in [-0.2, -0.15) is 15.0 Å². The van der Waals surface area contributed by atoms with Crippen LogP contribution in [0.15, 0.2) is 41.3 Å². The van der Waals surface area contributed by atoms with Crippen LogP contribution in [-0.4, -0.2) is 87.9 Å². The third-order valence-electron chi connectivity index (χ3n) is 6.71. The summed E-state index contributed by atoms with van der Waals surface area (Å²) in [4.78, 5) is 69.1. The zero-order valence-corrected chi connectivity index (χ0v) is 34.8. The molecule has 1 N–H and O–H groups in total. The van der Waals surface area contributed by atoms with Crippen LogP contribution < -0.4 is 20.2 Å². The molecule has 0 radical (unpaired) electrons. The Morgan fingerprint density at radius 3 is 2.00 bits per heavy atom. The summed E-state index contributed by atoms with van der Waals surface area (Å²) in [6.07, 6.45) is -6.34. The zero-order chi connectivity index (χ0) is 41.7. The van der Waals surface area contributed by atoms with Crippen molar-refractivity contribution in [1.82, 2.24) is 14.6 Å². The Bertz CT molecular complexity index is 1790. The quantitative estimate of drug-likeness (QED) is 0.135. The largest absolute Gasteiger partial charge is 0.509 e. The molecule has 2 unspecified atom stereocenters. The molecule has 1 saturated heterocycles. The minimum Gasteiger partial charge on any atom is -0.468 e. The van der Waals surface area contributed by atoms with E-state index in [-0.39, 0.29) is 5.75 Å². The van der Waals surface area contributed by atoms with E-state index < -0.39 is 95.9 Å². The molecule has 55 heavy (non-hydrogen) atoms. The zero-order valence-electron chi connectivity index (χ0n) is 32.3. The molecule has 306 valence electrons. The number of amides is 2. The van der Waals surface area contributed by atoms with E-state index in [4.69, 9.17) is 44.3 Å². The fourth-order valence-corrected chi connectivity index (χ4v) is 7.74.